The first kappa shape index (κ1) is 24.4. The Morgan fingerprint density at radius 2 is 1.59 bits per heavy atom. The molecule has 27 heavy (non-hydrogen) atoms. The number of carbonyl (C=O) groups is 1. The summed E-state index contributed by atoms with van der Waals surface area (Å²) in [6.07, 6.45) is 7.99. The van der Waals surface area contributed by atoms with Crippen LogP contribution in [0.5, 0.6) is 0 Å². The van der Waals surface area contributed by atoms with Gasteiger partial charge >= 0.3 is 0 Å². The fourth-order valence-corrected chi connectivity index (χ4v) is 5.17. The van der Waals surface area contributed by atoms with Crippen LogP contribution in [0.2, 0.25) is 0 Å². The number of ketones is 1. The Hall–Kier alpha value is -0.630. The van der Waals surface area contributed by atoms with Crippen LogP contribution in [-0.4, -0.2) is 17.0 Å². The topological polar surface area (TPSA) is 37.3 Å². The van der Waals surface area contributed by atoms with Crippen molar-refractivity contribution >= 4 is 5.78 Å². The van der Waals surface area contributed by atoms with Gasteiger partial charge in [-0.2, -0.15) is 0 Å². The zero-order valence-corrected chi connectivity index (χ0v) is 19.4. The van der Waals surface area contributed by atoms with E-state index in [1.165, 1.54) is 24.8 Å². The fourth-order valence-electron chi connectivity index (χ4n) is 5.17. The van der Waals surface area contributed by atoms with Gasteiger partial charge in [-0.15, -0.1) is 0 Å². The van der Waals surface area contributed by atoms with Gasteiger partial charge in [-0.3, -0.25) is 4.79 Å². The van der Waals surface area contributed by atoms with Crippen LogP contribution in [0.1, 0.15) is 107 Å². The molecule has 0 aromatic heterocycles. The molecule has 2 heteroatoms. The van der Waals surface area contributed by atoms with Gasteiger partial charge in [0.05, 0.1) is 6.10 Å². The standard InChI is InChI=1S/C25H46O2/c1-9-20(25(8,18(5)6)16-15-21(26)10-2)12-11-19(7)22-13-14-23(27)24(22)17(3)4/h17-21,26H,9-16H2,1-8H3/t19-,20-,21-,25+/m1/s1. The Balaban J connectivity index is 2.84. The predicted molar refractivity (Wildman–Crippen MR) is 117 cm³/mol. The highest BCUT2D eigenvalue weighted by atomic mass is 16.3. The quantitative estimate of drug-likeness (QED) is 0.398. The highest BCUT2D eigenvalue weighted by molar-refractivity contribution is 5.99. The van der Waals surface area contributed by atoms with Crippen molar-refractivity contribution in [3.05, 3.63) is 11.1 Å². The summed E-state index contributed by atoms with van der Waals surface area (Å²) in [5.74, 6) is 2.54. The molecule has 0 aromatic carbocycles. The fraction of sp³-hybridized carbons (Fsp3) is 0.880. The number of Topliss-reactive ketones (excluding diaryl/α,β-unsaturated/α-hetero) is 1. The van der Waals surface area contributed by atoms with Gasteiger partial charge in [-0.1, -0.05) is 67.4 Å². The first-order valence-electron chi connectivity index (χ1n) is 11.5. The third-order valence-electron chi connectivity index (χ3n) is 7.62. The van der Waals surface area contributed by atoms with Crippen LogP contribution >= 0.6 is 0 Å². The van der Waals surface area contributed by atoms with Crippen LogP contribution in [0.25, 0.3) is 0 Å². The van der Waals surface area contributed by atoms with E-state index >= 15 is 0 Å². The van der Waals surface area contributed by atoms with Crippen molar-refractivity contribution in [1.82, 2.24) is 0 Å². The molecule has 0 amide bonds. The SMILES string of the molecule is CC[C@@H](O)CC[C@@](C)(C(C)C)[C@H](CC)CC[C@@H](C)C1=C(C(C)C)C(=O)CC1. The van der Waals surface area contributed by atoms with Crippen LogP contribution in [0.4, 0.5) is 0 Å². The minimum atomic E-state index is -0.164. The lowest BCUT2D eigenvalue weighted by Gasteiger charge is -2.42. The monoisotopic (exact) mass is 378 g/mol. The molecule has 0 saturated carbocycles. The van der Waals surface area contributed by atoms with E-state index in [4.69, 9.17) is 0 Å². The summed E-state index contributed by atoms with van der Waals surface area (Å²) >= 11 is 0. The summed E-state index contributed by atoms with van der Waals surface area (Å²) in [4.78, 5) is 12.3. The van der Waals surface area contributed by atoms with Crippen molar-refractivity contribution in [2.45, 2.75) is 113 Å². The van der Waals surface area contributed by atoms with Gasteiger partial charge in [0.15, 0.2) is 5.78 Å². The van der Waals surface area contributed by atoms with Crippen molar-refractivity contribution in [2.24, 2.45) is 29.1 Å². The number of aliphatic hydroxyl groups is 1. The normalized spacial score (nSPS) is 21.1. The summed E-state index contributed by atoms with van der Waals surface area (Å²) in [6.45, 7) is 18.2. The van der Waals surface area contributed by atoms with E-state index < -0.39 is 0 Å². The van der Waals surface area contributed by atoms with E-state index in [9.17, 15) is 9.90 Å². The molecule has 4 atom stereocenters. The molecular weight excluding hydrogens is 332 g/mol. The average molecular weight is 379 g/mol. The Bertz CT molecular complexity index is 502. The zero-order valence-electron chi connectivity index (χ0n) is 19.4. The second kappa shape index (κ2) is 10.8. The summed E-state index contributed by atoms with van der Waals surface area (Å²) in [7, 11) is 0. The van der Waals surface area contributed by atoms with Crippen LogP contribution in [0.3, 0.4) is 0 Å². The van der Waals surface area contributed by atoms with E-state index in [2.05, 4.69) is 55.4 Å². The molecule has 0 spiro atoms. The van der Waals surface area contributed by atoms with Crippen LogP contribution in [0, 0.1) is 29.1 Å². The first-order valence-corrected chi connectivity index (χ1v) is 11.5. The molecule has 0 aliphatic heterocycles. The van der Waals surface area contributed by atoms with Gasteiger partial charge in [0.1, 0.15) is 0 Å². The Kier molecular flexibility index (Phi) is 9.75. The molecule has 1 N–H and O–H groups in total. The molecular formula is C25H46O2. The minimum absolute atomic E-state index is 0.164. The number of allylic oxidation sites excluding steroid dienone is 2. The molecule has 0 unspecified atom stereocenters. The first-order chi connectivity index (χ1) is 12.6. The maximum Gasteiger partial charge on any atom is 0.159 e. The van der Waals surface area contributed by atoms with Crippen LogP contribution < -0.4 is 0 Å². The Labute approximate surface area is 169 Å². The van der Waals surface area contributed by atoms with Gasteiger partial charge in [-0.05, 0) is 73.2 Å². The largest absolute Gasteiger partial charge is 0.393 e. The Morgan fingerprint density at radius 1 is 0.963 bits per heavy atom. The molecule has 1 rings (SSSR count). The summed E-state index contributed by atoms with van der Waals surface area (Å²) in [5, 5.41) is 10.1. The maximum atomic E-state index is 12.3. The highest BCUT2D eigenvalue weighted by Gasteiger charge is 2.36. The third kappa shape index (κ3) is 6.17. The van der Waals surface area contributed by atoms with Crippen molar-refractivity contribution < 1.29 is 9.90 Å². The molecule has 0 bridgehead atoms. The summed E-state index contributed by atoms with van der Waals surface area (Å²) in [5.41, 5.74) is 2.84. The number of hydrogen-bond acceptors (Lipinski definition) is 2. The molecule has 2 nitrogen and oxygen atoms in total. The molecule has 158 valence electrons. The van der Waals surface area contributed by atoms with E-state index in [0.29, 0.717) is 29.5 Å². The van der Waals surface area contributed by atoms with E-state index in [0.717, 1.165) is 37.7 Å². The second-order valence-corrected chi connectivity index (χ2v) is 9.86. The van der Waals surface area contributed by atoms with E-state index in [-0.39, 0.29) is 11.5 Å². The lowest BCUT2D eigenvalue weighted by molar-refractivity contribution is -0.115. The molecule has 0 aromatic rings. The molecule has 0 saturated heterocycles. The van der Waals surface area contributed by atoms with Gasteiger partial charge < -0.3 is 5.11 Å². The van der Waals surface area contributed by atoms with Gasteiger partial charge in [0.2, 0.25) is 0 Å². The maximum absolute atomic E-state index is 12.3. The second-order valence-electron chi connectivity index (χ2n) is 9.86. The molecule has 1 aliphatic rings. The average Bonchev–Trinajstić information content (AvgIpc) is 3.01. The predicted octanol–water partition coefficient (Wildman–Crippen LogP) is 6.96. The number of carbonyl (C=O) groups excluding carboxylic acids is 1. The van der Waals surface area contributed by atoms with Crippen molar-refractivity contribution in [3.8, 4) is 0 Å². The summed E-state index contributed by atoms with van der Waals surface area (Å²) in [6, 6.07) is 0. The van der Waals surface area contributed by atoms with Gasteiger partial charge in [0, 0.05) is 6.42 Å². The molecule has 1 aliphatic carbocycles. The van der Waals surface area contributed by atoms with Gasteiger partial charge in [-0.25, -0.2) is 0 Å². The summed E-state index contributed by atoms with van der Waals surface area (Å²) < 4.78 is 0. The number of aliphatic hydroxyl groups excluding tert-OH is 1. The lowest BCUT2D eigenvalue weighted by Crippen LogP contribution is -2.34. The van der Waals surface area contributed by atoms with Crippen molar-refractivity contribution in [3.63, 3.8) is 0 Å². The lowest BCUT2D eigenvalue weighted by atomic mass is 9.63. The number of rotatable bonds is 12. The smallest absolute Gasteiger partial charge is 0.159 e. The van der Waals surface area contributed by atoms with Crippen LogP contribution in [0.15, 0.2) is 11.1 Å². The van der Waals surface area contributed by atoms with Crippen molar-refractivity contribution in [1.29, 1.82) is 0 Å². The molecule has 0 fully saturated rings. The van der Waals surface area contributed by atoms with Crippen LogP contribution in [-0.2, 0) is 4.79 Å². The number of hydrogen-bond donors (Lipinski definition) is 1. The van der Waals surface area contributed by atoms with E-state index in [1.807, 2.05) is 0 Å². The molecule has 0 radical (unpaired) electrons. The van der Waals surface area contributed by atoms with E-state index in [1.54, 1.807) is 0 Å². The van der Waals surface area contributed by atoms with Crippen molar-refractivity contribution in [2.75, 3.05) is 0 Å². The van der Waals surface area contributed by atoms with Gasteiger partial charge in [0.25, 0.3) is 0 Å². The Morgan fingerprint density at radius 3 is 2.07 bits per heavy atom. The zero-order chi connectivity index (χ0) is 20.8. The highest BCUT2D eigenvalue weighted by Crippen LogP contribution is 2.45. The molecule has 0 heterocycles. The third-order valence-corrected chi connectivity index (χ3v) is 7.62. The minimum Gasteiger partial charge on any atom is -0.393 e.